The fourth-order valence-corrected chi connectivity index (χ4v) is 3.80. The molecule has 3 aromatic heterocycles. The Morgan fingerprint density at radius 1 is 1.08 bits per heavy atom. The van der Waals surface area contributed by atoms with Crippen LogP contribution in [0.25, 0.3) is 11.0 Å². The number of rotatable bonds is 13. The number of amides is 1. The van der Waals surface area contributed by atoms with E-state index in [1.54, 1.807) is 32.2 Å². The number of H-pyrrole nitrogens is 2. The molecule has 0 spiro atoms. The molecule has 1 atom stereocenters. The summed E-state index contributed by atoms with van der Waals surface area (Å²) in [5.41, 5.74) is 7.80. The maximum absolute atomic E-state index is 12.6. The third-order valence-electron chi connectivity index (χ3n) is 5.61. The average Bonchev–Trinajstić information content (AvgIpc) is 3.28. The Balaban J connectivity index is 1.50. The lowest BCUT2D eigenvalue weighted by Gasteiger charge is -2.16. The van der Waals surface area contributed by atoms with E-state index in [1.807, 2.05) is 6.07 Å². The summed E-state index contributed by atoms with van der Waals surface area (Å²) in [5, 5.41) is 3.08. The number of pyridine rings is 1. The first-order valence-corrected chi connectivity index (χ1v) is 12.3. The number of carbonyl (C=O) groups excluding carboxylic acids is 3. The van der Waals surface area contributed by atoms with Crippen molar-refractivity contribution >= 4 is 34.8 Å². The summed E-state index contributed by atoms with van der Waals surface area (Å²) >= 11 is 0. The Bertz CT molecular complexity index is 1280. The normalized spacial score (nSPS) is 11.7. The van der Waals surface area contributed by atoms with Gasteiger partial charge in [0.2, 0.25) is 5.95 Å². The Morgan fingerprint density at radius 3 is 2.54 bits per heavy atom. The van der Waals surface area contributed by atoms with Gasteiger partial charge in [-0.1, -0.05) is 6.07 Å². The topological polar surface area (TPSA) is 182 Å². The maximum Gasteiger partial charge on any atom is 0.328 e. The van der Waals surface area contributed by atoms with Gasteiger partial charge in [-0.15, -0.1) is 0 Å². The predicted molar refractivity (Wildman–Crippen MR) is 136 cm³/mol. The summed E-state index contributed by atoms with van der Waals surface area (Å²) in [4.78, 5) is 62.4. The van der Waals surface area contributed by atoms with E-state index in [1.165, 1.54) is 0 Å². The molecule has 0 aliphatic carbocycles. The zero-order chi connectivity index (χ0) is 26.8. The van der Waals surface area contributed by atoms with Crippen LogP contribution >= 0.6 is 0 Å². The number of aromatic amines is 2. The molecule has 3 aromatic rings. The highest BCUT2D eigenvalue weighted by molar-refractivity contribution is 5.95. The summed E-state index contributed by atoms with van der Waals surface area (Å²) in [5.74, 6) is -1.52. The fraction of sp³-hybridized carbons (Fsp3) is 0.440. The van der Waals surface area contributed by atoms with Crippen molar-refractivity contribution in [1.29, 1.82) is 0 Å². The van der Waals surface area contributed by atoms with Crippen LogP contribution in [0.2, 0.25) is 0 Å². The number of ether oxygens (including phenoxy) is 2. The van der Waals surface area contributed by atoms with E-state index in [2.05, 4.69) is 25.3 Å². The number of anilines is 1. The van der Waals surface area contributed by atoms with Crippen molar-refractivity contribution in [3.63, 3.8) is 0 Å². The number of aryl methyl sites for hydroxylation is 2. The molecule has 0 bridgehead atoms. The van der Waals surface area contributed by atoms with Gasteiger partial charge in [-0.2, -0.15) is 4.98 Å². The van der Waals surface area contributed by atoms with Crippen LogP contribution in [0, 0.1) is 0 Å². The average molecular weight is 513 g/mol. The number of nitrogens with one attached hydrogen (secondary N) is 3. The smallest absolute Gasteiger partial charge is 0.328 e. The highest BCUT2D eigenvalue weighted by atomic mass is 16.5. The second kappa shape index (κ2) is 13.2. The molecule has 0 saturated carbocycles. The molecular weight excluding hydrogens is 480 g/mol. The third kappa shape index (κ3) is 7.89. The van der Waals surface area contributed by atoms with Crippen LogP contribution in [0.3, 0.4) is 0 Å². The largest absolute Gasteiger partial charge is 0.466 e. The van der Waals surface area contributed by atoms with Gasteiger partial charge in [-0.05, 0) is 63.6 Å². The highest BCUT2D eigenvalue weighted by Crippen LogP contribution is 2.13. The second-order valence-electron chi connectivity index (χ2n) is 8.39. The summed E-state index contributed by atoms with van der Waals surface area (Å²) in [6, 6.07) is 4.21. The molecule has 12 heteroatoms. The SMILES string of the molecule is CCOC(=O)CC[C@H](NC(=O)c1ccc(CCCCc2cc3c(=O)[nH]c(N)nc3[nH]2)cn1)C(=O)OCC. The minimum atomic E-state index is -0.981. The molecule has 5 N–H and O–H groups in total. The number of hydrogen-bond donors (Lipinski definition) is 4. The Kier molecular flexibility index (Phi) is 9.76. The number of nitrogens with zero attached hydrogens (tertiary/aromatic N) is 2. The number of aromatic nitrogens is 4. The molecule has 0 aromatic carbocycles. The van der Waals surface area contributed by atoms with Crippen LogP contribution in [-0.4, -0.2) is 57.0 Å². The van der Waals surface area contributed by atoms with E-state index in [0.717, 1.165) is 36.9 Å². The van der Waals surface area contributed by atoms with Crippen molar-refractivity contribution in [1.82, 2.24) is 25.3 Å². The van der Waals surface area contributed by atoms with Crippen molar-refractivity contribution < 1.29 is 23.9 Å². The van der Waals surface area contributed by atoms with Gasteiger partial charge in [0.25, 0.3) is 11.5 Å². The van der Waals surface area contributed by atoms with Gasteiger partial charge in [0.1, 0.15) is 17.4 Å². The molecule has 12 nitrogen and oxygen atoms in total. The first kappa shape index (κ1) is 27.4. The number of nitrogen functional groups attached to an aromatic ring is 1. The van der Waals surface area contributed by atoms with E-state index in [0.29, 0.717) is 11.0 Å². The van der Waals surface area contributed by atoms with Crippen molar-refractivity contribution in [2.45, 2.75) is 58.4 Å². The van der Waals surface area contributed by atoms with E-state index in [-0.39, 0.29) is 43.3 Å². The van der Waals surface area contributed by atoms with Gasteiger partial charge in [0, 0.05) is 18.3 Å². The van der Waals surface area contributed by atoms with E-state index < -0.39 is 23.9 Å². The van der Waals surface area contributed by atoms with Crippen molar-refractivity contribution in [2.75, 3.05) is 18.9 Å². The summed E-state index contributed by atoms with van der Waals surface area (Å²) in [7, 11) is 0. The van der Waals surface area contributed by atoms with Crippen LogP contribution in [-0.2, 0) is 31.9 Å². The molecular formula is C25H32N6O6. The quantitative estimate of drug-likeness (QED) is 0.196. The van der Waals surface area contributed by atoms with Gasteiger partial charge in [0.15, 0.2) is 0 Å². The standard InChI is InChI=1S/C25H32N6O6/c1-3-36-20(32)12-11-19(24(35)37-4-2)29-23(34)18-10-9-15(14-27-18)7-5-6-8-16-13-17-21(28-16)30-25(26)31-22(17)33/h9-10,13-14,19H,3-8,11-12H2,1-2H3,(H,29,34)(H4,26,28,30,31,33)/t19-/m0/s1. The number of carbonyl (C=O) groups is 3. The van der Waals surface area contributed by atoms with E-state index in [9.17, 15) is 19.2 Å². The fourth-order valence-electron chi connectivity index (χ4n) is 3.80. The first-order valence-electron chi connectivity index (χ1n) is 12.3. The van der Waals surface area contributed by atoms with Crippen molar-refractivity contribution in [3.05, 3.63) is 51.7 Å². The molecule has 3 heterocycles. The number of fused-ring (bicyclic) bond motifs is 1. The molecule has 0 fully saturated rings. The van der Waals surface area contributed by atoms with Gasteiger partial charge in [-0.3, -0.25) is 24.4 Å². The van der Waals surface area contributed by atoms with Gasteiger partial charge in [0.05, 0.1) is 18.6 Å². The minimum Gasteiger partial charge on any atom is -0.466 e. The van der Waals surface area contributed by atoms with Gasteiger partial charge >= 0.3 is 11.9 Å². The predicted octanol–water partition coefficient (Wildman–Crippen LogP) is 1.80. The zero-order valence-corrected chi connectivity index (χ0v) is 21.0. The third-order valence-corrected chi connectivity index (χ3v) is 5.61. The molecule has 0 radical (unpaired) electrons. The van der Waals surface area contributed by atoms with Crippen LogP contribution in [0.4, 0.5) is 5.95 Å². The number of hydrogen-bond acceptors (Lipinski definition) is 9. The zero-order valence-electron chi connectivity index (χ0n) is 21.0. The lowest BCUT2D eigenvalue weighted by atomic mass is 10.1. The van der Waals surface area contributed by atoms with Gasteiger partial charge in [-0.25, -0.2) is 4.79 Å². The Labute approximate surface area is 213 Å². The molecule has 198 valence electrons. The Hall–Kier alpha value is -4.22. The van der Waals surface area contributed by atoms with Crippen molar-refractivity contribution in [2.24, 2.45) is 0 Å². The van der Waals surface area contributed by atoms with Gasteiger partial charge < -0.3 is 25.5 Å². The Morgan fingerprint density at radius 2 is 1.84 bits per heavy atom. The molecule has 0 aliphatic heterocycles. The summed E-state index contributed by atoms with van der Waals surface area (Å²) in [6.45, 7) is 3.75. The van der Waals surface area contributed by atoms with E-state index >= 15 is 0 Å². The van der Waals surface area contributed by atoms with Crippen LogP contribution in [0.1, 0.15) is 61.3 Å². The van der Waals surface area contributed by atoms with E-state index in [4.69, 9.17) is 15.2 Å². The molecule has 0 aliphatic rings. The van der Waals surface area contributed by atoms with Crippen LogP contribution in [0.15, 0.2) is 29.2 Å². The highest BCUT2D eigenvalue weighted by Gasteiger charge is 2.24. The molecule has 37 heavy (non-hydrogen) atoms. The lowest BCUT2D eigenvalue weighted by molar-refractivity contribution is -0.146. The molecule has 0 unspecified atom stereocenters. The van der Waals surface area contributed by atoms with Crippen LogP contribution in [0.5, 0.6) is 0 Å². The maximum atomic E-state index is 12.6. The monoisotopic (exact) mass is 512 g/mol. The molecule has 0 saturated heterocycles. The first-order chi connectivity index (χ1) is 17.8. The number of esters is 2. The molecule has 3 rings (SSSR count). The van der Waals surface area contributed by atoms with Crippen molar-refractivity contribution in [3.8, 4) is 0 Å². The lowest BCUT2D eigenvalue weighted by Crippen LogP contribution is -2.42. The van der Waals surface area contributed by atoms with Crippen LogP contribution < -0.4 is 16.6 Å². The summed E-state index contributed by atoms with van der Waals surface area (Å²) < 4.78 is 9.90. The second-order valence-corrected chi connectivity index (χ2v) is 8.39. The number of nitrogens with two attached hydrogens (primary N) is 1. The summed E-state index contributed by atoms with van der Waals surface area (Å²) in [6.07, 6.45) is 4.90. The molecule has 1 amide bonds. The minimum absolute atomic E-state index is 0.0243. The number of unbranched alkanes of at least 4 members (excludes halogenated alkanes) is 1.